The molecule has 0 aromatic heterocycles. The van der Waals surface area contributed by atoms with Crippen LogP contribution in [0.2, 0.25) is 0 Å². The van der Waals surface area contributed by atoms with Crippen molar-refractivity contribution in [1.29, 1.82) is 0 Å². The molecule has 1 fully saturated rings. The van der Waals surface area contributed by atoms with E-state index in [0.717, 1.165) is 6.42 Å². The van der Waals surface area contributed by atoms with Crippen molar-refractivity contribution in [2.24, 2.45) is 0 Å². The second-order valence-corrected chi connectivity index (χ2v) is 3.44. The van der Waals surface area contributed by atoms with Gasteiger partial charge >= 0.3 is 0 Å². The molecule has 14 heavy (non-hydrogen) atoms. The third-order valence-corrected chi connectivity index (χ3v) is 2.15. The van der Waals surface area contributed by atoms with Gasteiger partial charge in [0, 0.05) is 6.54 Å². The molecule has 3 N–H and O–H groups in total. The lowest BCUT2D eigenvalue weighted by Gasteiger charge is -2.13. The van der Waals surface area contributed by atoms with Gasteiger partial charge in [-0.05, 0) is 6.42 Å². The number of carbonyl (C=O) groups excluding carboxylic acids is 1. The first-order chi connectivity index (χ1) is 6.74. The van der Waals surface area contributed by atoms with Gasteiger partial charge in [0.05, 0.1) is 31.9 Å². The van der Waals surface area contributed by atoms with Crippen LogP contribution in [0.25, 0.3) is 0 Å². The zero-order chi connectivity index (χ0) is 10.4. The van der Waals surface area contributed by atoms with Crippen molar-refractivity contribution in [2.75, 3.05) is 26.3 Å². The first-order valence-electron chi connectivity index (χ1n) is 5.00. The summed E-state index contributed by atoms with van der Waals surface area (Å²) < 4.78 is 5.04. The molecule has 2 atom stereocenters. The Morgan fingerprint density at radius 1 is 1.57 bits per heavy atom. The van der Waals surface area contributed by atoms with Gasteiger partial charge in [0.1, 0.15) is 0 Å². The number of aliphatic hydroxyl groups is 1. The van der Waals surface area contributed by atoms with Crippen LogP contribution >= 0.6 is 0 Å². The quantitative estimate of drug-likeness (QED) is 0.527. The van der Waals surface area contributed by atoms with E-state index in [1.807, 2.05) is 6.92 Å². The fraction of sp³-hybridized carbons (Fsp3) is 0.889. The van der Waals surface area contributed by atoms with Gasteiger partial charge in [0.2, 0.25) is 5.91 Å². The maximum atomic E-state index is 11.2. The SMILES string of the molecule is CCCNC(=O)CNC1COCC1O. The van der Waals surface area contributed by atoms with Crippen molar-refractivity contribution in [3.8, 4) is 0 Å². The molecule has 0 aliphatic carbocycles. The summed E-state index contributed by atoms with van der Waals surface area (Å²) in [6, 6.07) is -0.109. The van der Waals surface area contributed by atoms with Crippen LogP contribution < -0.4 is 10.6 Å². The molecule has 5 nitrogen and oxygen atoms in total. The largest absolute Gasteiger partial charge is 0.389 e. The zero-order valence-corrected chi connectivity index (χ0v) is 8.45. The Morgan fingerprint density at radius 3 is 2.93 bits per heavy atom. The van der Waals surface area contributed by atoms with Gasteiger partial charge in [0.15, 0.2) is 0 Å². The highest BCUT2D eigenvalue weighted by atomic mass is 16.5. The molecule has 1 aliphatic rings. The number of nitrogens with one attached hydrogen (secondary N) is 2. The number of ether oxygens (including phenoxy) is 1. The van der Waals surface area contributed by atoms with E-state index in [0.29, 0.717) is 19.8 Å². The molecule has 0 aromatic carbocycles. The summed E-state index contributed by atoms with van der Waals surface area (Å²) in [5.74, 6) is -0.0362. The summed E-state index contributed by atoms with van der Waals surface area (Å²) in [7, 11) is 0. The predicted octanol–water partition coefficient (Wildman–Crippen LogP) is -1.14. The van der Waals surface area contributed by atoms with Crippen molar-refractivity contribution in [3.63, 3.8) is 0 Å². The van der Waals surface area contributed by atoms with Gasteiger partial charge in [-0.2, -0.15) is 0 Å². The fourth-order valence-corrected chi connectivity index (χ4v) is 1.29. The number of hydrogen-bond donors (Lipinski definition) is 3. The lowest BCUT2D eigenvalue weighted by atomic mass is 10.2. The molecule has 1 aliphatic heterocycles. The Balaban J connectivity index is 2.10. The minimum atomic E-state index is -0.492. The lowest BCUT2D eigenvalue weighted by molar-refractivity contribution is -0.120. The minimum absolute atomic E-state index is 0.0362. The topological polar surface area (TPSA) is 70.6 Å². The van der Waals surface area contributed by atoms with Crippen LogP contribution in [0, 0.1) is 0 Å². The molecule has 82 valence electrons. The van der Waals surface area contributed by atoms with Gasteiger partial charge in [-0.3, -0.25) is 4.79 Å². The molecule has 0 aromatic rings. The van der Waals surface area contributed by atoms with E-state index in [1.165, 1.54) is 0 Å². The second-order valence-electron chi connectivity index (χ2n) is 3.44. The number of amides is 1. The molecule has 5 heteroatoms. The van der Waals surface area contributed by atoms with Crippen molar-refractivity contribution in [3.05, 3.63) is 0 Å². The van der Waals surface area contributed by atoms with Gasteiger partial charge < -0.3 is 20.5 Å². The normalized spacial score (nSPS) is 26.4. The minimum Gasteiger partial charge on any atom is -0.389 e. The average molecular weight is 202 g/mol. The summed E-state index contributed by atoms with van der Waals surface area (Å²) in [6.07, 6.45) is 0.440. The highest BCUT2D eigenvalue weighted by Crippen LogP contribution is 2.03. The Morgan fingerprint density at radius 2 is 2.36 bits per heavy atom. The van der Waals surface area contributed by atoms with Gasteiger partial charge in [-0.25, -0.2) is 0 Å². The van der Waals surface area contributed by atoms with Crippen molar-refractivity contribution in [2.45, 2.75) is 25.5 Å². The van der Waals surface area contributed by atoms with Crippen molar-refractivity contribution in [1.82, 2.24) is 10.6 Å². The van der Waals surface area contributed by atoms with Crippen LogP contribution in [-0.2, 0) is 9.53 Å². The van der Waals surface area contributed by atoms with E-state index in [2.05, 4.69) is 10.6 Å². The van der Waals surface area contributed by atoms with E-state index in [9.17, 15) is 9.90 Å². The second kappa shape index (κ2) is 5.95. The van der Waals surface area contributed by atoms with E-state index >= 15 is 0 Å². The molecular formula is C9H18N2O3. The maximum Gasteiger partial charge on any atom is 0.233 e. The maximum absolute atomic E-state index is 11.2. The summed E-state index contributed by atoms with van der Waals surface area (Å²) in [6.45, 7) is 3.77. The van der Waals surface area contributed by atoms with Crippen molar-refractivity contribution >= 4 is 5.91 Å². The van der Waals surface area contributed by atoms with E-state index in [1.54, 1.807) is 0 Å². The smallest absolute Gasteiger partial charge is 0.233 e. The predicted molar refractivity (Wildman–Crippen MR) is 51.9 cm³/mol. The van der Waals surface area contributed by atoms with Crippen LogP contribution in [0.3, 0.4) is 0 Å². The number of hydrogen-bond acceptors (Lipinski definition) is 4. The molecule has 1 rings (SSSR count). The third kappa shape index (κ3) is 3.61. The summed E-state index contributed by atoms with van der Waals surface area (Å²) in [5, 5.41) is 15.1. The summed E-state index contributed by atoms with van der Waals surface area (Å²) in [5.41, 5.74) is 0. The molecule has 1 heterocycles. The van der Waals surface area contributed by atoms with E-state index < -0.39 is 6.10 Å². The van der Waals surface area contributed by atoms with Gasteiger partial charge in [0.25, 0.3) is 0 Å². The molecule has 0 bridgehead atoms. The van der Waals surface area contributed by atoms with Gasteiger partial charge in [-0.1, -0.05) is 6.92 Å². The molecular weight excluding hydrogens is 184 g/mol. The number of aliphatic hydroxyl groups excluding tert-OH is 1. The highest BCUT2D eigenvalue weighted by Gasteiger charge is 2.25. The number of carbonyl (C=O) groups is 1. The first kappa shape index (κ1) is 11.4. The summed E-state index contributed by atoms with van der Waals surface area (Å²) >= 11 is 0. The monoisotopic (exact) mass is 202 g/mol. The van der Waals surface area contributed by atoms with Crippen LogP contribution in [0.1, 0.15) is 13.3 Å². The summed E-state index contributed by atoms with van der Waals surface area (Å²) in [4.78, 5) is 11.2. The molecule has 2 unspecified atom stereocenters. The Hall–Kier alpha value is -0.650. The molecule has 0 saturated carbocycles. The van der Waals surface area contributed by atoms with Crippen LogP contribution in [0.4, 0.5) is 0 Å². The zero-order valence-electron chi connectivity index (χ0n) is 8.45. The van der Waals surface area contributed by atoms with Crippen LogP contribution in [-0.4, -0.2) is 49.5 Å². The third-order valence-electron chi connectivity index (χ3n) is 2.15. The first-order valence-corrected chi connectivity index (χ1v) is 5.00. The molecule has 0 radical (unpaired) electrons. The van der Waals surface area contributed by atoms with Crippen LogP contribution in [0.15, 0.2) is 0 Å². The molecule has 1 amide bonds. The average Bonchev–Trinajstić information content (AvgIpc) is 2.58. The fourth-order valence-electron chi connectivity index (χ4n) is 1.29. The molecule has 0 spiro atoms. The molecule has 1 saturated heterocycles. The number of rotatable bonds is 5. The van der Waals surface area contributed by atoms with E-state index in [4.69, 9.17) is 4.74 Å². The lowest BCUT2D eigenvalue weighted by Crippen LogP contribution is -2.44. The standard InChI is InChI=1S/C9H18N2O3/c1-2-3-10-9(13)4-11-7-5-14-6-8(7)12/h7-8,11-12H,2-6H2,1H3,(H,10,13). The Labute approximate surface area is 83.8 Å². The Kier molecular flexibility index (Phi) is 4.86. The van der Waals surface area contributed by atoms with E-state index in [-0.39, 0.29) is 18.5 Å². The van der Waals surface area contributed by atoms with Crippen molar-refractivity contribution < 1.29 is 14.6 Å². The van der Waals surface area contributed by atoms with Crippen LogP contribution in [0.5, 0.6) is 0 Å². The van der Waals surface area contributed by atoms with Gasteiger partial charge in [-0.15, -0.1) is 0 Å². The Bertz CT molecular complexity index is 187. The highest BCUT2D eigenvalue weighted by molar-refractivity contribution is 5.77.